The van der Waals surface area contributed by atoms with Crippen LogP contribution in [-0.4, -0.2) is 39.8 Å². The van der Waals surface area contributed by atoms with Crippen molar-refractivity contribution in [1.82, 2.24) is 15.6 Å². The van der Waals surface area contributed by atoms with Crippen molar-refractivity contribution < 1.29 is 19.8 Å². The van der Waals surface area contributed by atoms with Crippen molar-refractivity contribution in [3.63, 3.8) is 0 Å². The summed E-state index contributed by atoms with van der Waals surface area (Å²) < 4.78 is 0. The van der Waals surface area contributed by atoms with Crippen LogP contribution in [-0.2, 0) is 4.79 Å². The predicted octanol–water partition coefficient (Wildman–Crippen LogP) is 0.277. The first-order valence-electron chi connectivity index (χ1n) is 5.85. The highest BCUT2D eigenvalue weighted by molar-refractivity contribution is 5.82. The van der Waals surface area contributed by atoms with Crippen molar-refractivity contribution in [3.05, 3.63) is 30.1 Å². The van der Waals surface area contributed by atoms with E-state index in [-0.39, 0.29) is 19.1 Å². The van der Waals surface area contributed by atoms with Crippen molar-refractivity contribution in [1.29, 1.82) is 0 Å². The lowest BCUT2D eigenvalue weighted by Crippen LogP contribution is -2.47. The lowest BCUT2D eigenvalue weighted by molar-refractivity contribution is -0.139. The van der Waals surface area contributed by atoms with Crippen LogP contribution >= 0.6 is 0 Å². The molecule has 7 nitrogen and oxygen atoms in total. The van der Waals surface area contributed by atoms with Crippen molar-refractivity contribution in [2.24, 2.45) is 0 Å². The predicted molar refractivity (Wildman–Crippen MR) is 67.4 cm³/mol. The molecule has 0 aliphatic rings. The Morgan fingerprint density at radius 2 is 2.16 bits per heavy atom. The molecule has 0 aliphatic heterocycles. The summed E-state index contributed by atoms with van der Waals surface area (Å²) in [5, 5.41) is 22.4. The van der Waals surface area contributed by atoms with E-state index < -0.39 is 18.0 Å². The van der Waals surface area contributed by atoms with E-state index >= 15 is 0 Å². The van der Waals surface area contributed by atoms with Crippen LogP contribution in [0.15, 0.2) is 24.5 Å². The van der Waals surface area contributed by atoms with Gasteiger partial charge in [-0.15, -0.1) is 0 Å². The van der Waals surface area contributed by atoms with Gasteiger partial charge in [0, 0.05) is 25.4 Å². The van der Waals surface area contributed by atoms with Crippen molar-refractivity contribution in [2.45, 2.75) is 25.4 Å². The first-order valence-corrected chi connectivity index (χ1v) is 5.85. The third-order valence-corrected chi connectivity index (χ3v) is 2.55. The molecule has 0 saturated carbocycles. The van der Waals surface area contributed by atoms with Crippen LogP contribution in [0.5, 0.6) is 0 Å². The molecule has 0 fully saturated rings. The van der Waals surface area contributed by atoms with Gasteiger partial charge in [-0.2, -0.15) is 0 Å². The van der Waals surface area contributed by atoms with E-state index in [0.717, 1.165) is 5.56 Å². The number of aromatic nitrogens is 1. The van der Waals surface area contributed by atoms with Gasteiger partial charge in [-0.05, 0) is 18.6 Å². The summed E-state index contributed by atoms with van der Waals surface area (Å²) in [5.74, 6) is -1.18. The lowest BCUT2D eigenvalue weighted by atomic mass is 10.1. The van der Waals surface area contributed by atoms with E-state index in [2.05, 4.69) is 15.6 Å². The molecule has 1 aromatic heterocycles. The molecule has 0 radical (unpaired) electrons. The highest BCUT2D eigenvalue weighted by Gasteiger charge is 2.20. The molecule has 19 heavy (non-hydrogen) atoms. The summed E-state index contributed by atoms with van der Waals surface area (Å²) in [6.45, 7) is 1.45. The second-order valence-corrected chi connectivity index (χ2v) is 4.03. The number of aliphatic hydroxyl groups excluding tert-OH is 1. The summed E-state index contributed by atoms with van der Waals surface area (Å²) >= 11 is 0. The molecule has 104 valence electrons. The summed E-state index contributed by atoms with van der Waals surface area (Å²) in [5.41, 5.74) is 0.812. The number of hydrogen-bond donors (Lipinski definition) is 4. The maximum Gasteiger partial charge on any atom is 0.326 e. The van der Waals surface area contributed by atoms with Gasteiger partial charge >= 0.3 is 12.0 Å². The summed E-state index contributed by atoms with van der Waals surface area (Å²) in [6, 6.07) is 1.55. The Bertz CT molecular complexity index is 424. The monoisotopic (exact) mass is 267 g/mol. The Balaban J connectivity index is 2.52. The topological polar surface area (TPSA) is 112 Å². The summed E-state index contributed by atoms with van der Waals surface area (Å²) in [7, 11) is 0. The number of carboxylic acid groups (broad SMARTS) is 1. The molecular weight excluding hydrogens is 250 g/mol. The number of urea groups is 1. The minimum atomic E-state index is -1.18. The maximum absolute atomic E-state index is 11.6. The Kier molecular flexibility index (Phi) is 5.74. The molecule has 2 atom stereocenters. The van der Waals surface area contributed by atoms with Gasteiger partial charge in [0.2, 0.25) is 0 Å². The van der Waals surface area contributed by atoms with E-state index in [1.807, 2.05) is 0 Å². The highest BCUT2D eigenvalue weighted by Crippen LogP contribution is 2.09. The third-order valence-electron chi connectivity index (χ3n) is 2.55. The number of aliphatic carboxylic acids is 1. The molecule has 4 N–H and O–H groups in total. The van der Waals surface area contributed by atoms with E-state index in [1.54, 1.807) is 31.5 Å². The van der Waals surface area contributed by atoms with Crippen LogP contribution in [0.3, 0.4) is 0 Å². The van der Waals surface area contributed by atoms with Gasteiger partial charge in [0.15, 0.2) is 0 Å². The number of aliphatic hydroxyl groups is 1. The lowest BCUT2D eigenvalue weighted by Gasteiger charge is -2.17. The van der Waals surface area contributed by atoms with E-state index in [0.29, 0.717) is 0 Å². The van der Waals surface area contributed by atoms with Gasteiger partial charge in [-0.1, -0.05) is 6.07 Å². The molecule has 0 spiro atoms. The van der Waals surface area contributed by atoms with Crippen LogP contribution in [0.1, 0.15) is 24.9 Å². The minimum absolute atomic E-state index is 0.0377. The molecule has 0 bridgehead atoms. The molecule has 2 unspecified atom stereocenters. The second-order valence-electron chi connectivity index (χ2n) is 4.03. The zero-order valence-electron chi connectivity index (χ0n) is 10.5. The van der Waals surface area contributed by atoms with Crippen molar-refractivity contribution in [2.75, 3.05) is 6.61 Å². The van der Waals surface area contributed by atoms with Gasteiger partial charge in [0.1, 0.15) is 6.04 Å². The molecule has 1 heterocycles. The normalized spacial score (nSPS) is 13.4. The zero-order valence-corrected chi connectivity index (χ0v) is 10.5. The van der Waals surface area contributed by atoms with Crippen molar-refractivity contribution >= 4 is 12.0 Å². The van der Waals surface area contributed by atoms with Gasteiger partial charge < -0.3 is 20.8 Å². The maximum atomic E-state index is 11.6. The number of pyridine rings is 1. The Labute approximate surface area is 110 Å². The number of nitrogens with one attached hydrogen (secondary N) is 2. The zero-order chi connectivity index (χ0) is 14.3. The number of carbonyl (C=O) groups is 2. The van der Waals surface area contributed by atoms with E-state index in [4.69, 9.17) is 10.2 Å². The van der Waals surface area contributed by atoms with Gasteiger partial charge in [0.25, 0.3) is 0 Å². The highest BCUT2D eigenvalue weighted by atomic mass is 16.4. The number of nitrogens with zero attached hydrogens (tertiary/aromatic N) is 1. The summed E-state index contributed by atoms with van der Waals surface area (Å²) in [6.07, 6.45) is 3.20. The molecule has 0 aromatic carbocycles. The molecule has 1 aromatic rings. The number of hydrogen-bond acceptors (Lipinski definition) is 4. The summed E-state index contributed by atoms with van der Waals surface area (Å²) in [4.78, 5) is 26.4. The van der Waals surface area contributed by atoms with Crippen LogP contribution in [0.4, 0.5) is 4.79 Å². The minimum Gasteiger partial charge on any atom is -0.480 e. The third kappa shape index (κ3) is 4.92. The van der Waals surface area contributed by atoms with E-state index in [9.17, 15) is 9.59 Å². The quantitative estimate of drug-likeness (QED) is 0.591. The fraction of sp³-hybridized carbons (Fsp3) is 0.417. The van der Waals surface area contributed by atoms with Crippen molar-refractivity contribution in [3.8, 4) is 0 Å². The fourth-order valence-electron chi connectivity index (χ4n) is 1.50. The smallest absolute Gasteiger partial charge is 0.326 e. The average Bonchev–Trinajstić information content (AvgIpc) is 2.39. The first-order chi connectivity index (χ1) is 9.04. The number of amides is 2. The molecule has 7 heteroatoms. The van der Waals surface area contributed by atoms with Gasteiger partial charge in [-0.25, -0.2) is 9.59 Å². The van der Waals surface area contributed by atoms with Crippen LogP contribution in [0.2, 0.25) is 0 Å². The molecule has 0 saturated heterocycles. The SMILES string of the molecule is CC(NC(=O)NC(CCO)C(=O)O)c1cccnc1. The molecule has 0 aliphatic carbocycles. The van der Waals surface area contributed by atoms with Gasteiger partial charge in [0.05, 0.1) is 6.04 Å². The molecule has 1 rings (SSSR count). The number of carboxylic acids is 1. The van der Waals surface area contributed by atoms with Crippen LogP contribution in [0, 0.1) is 0 Å². The fourth-order valence-corrected chi connectivity index (χ4v) is 1.50. The standard InChI is InChI=1S/C12H17N3O4/c1-8(9-3-2-5-13-7-9)14-12(19)15-10(4-6-16)11(17)18/h2-3,5,7-8,10,16H,4,6H2,1H3,(H,17,18)(H2,14,15,19). The largest absolute Gasteiger partial charge is 0.480 e. The van der Waals surface area contributed by atoms with E-state index in [1.165, 1.54) is 0 Å². The Hall–Kier alpha value is -2.15. The second kappa shape index (κ2) is 7.32. The molecular formula is C12H17N3O4. The number of rotatable bonds is 6. The Morgan fingerprint density at radius 3 is 2.68 bits per heavy atom. The average molecular weight is 267 g/mol. The Morgan fingerprint density at radius 1 is 1.42 bits per heavy atom. The van der Waals surface area contributed by atoms with Crippen LogP contribution in [0.25, 0.3) is 0 Å². The van der Waals surface area contributed by atoms with Gasteiger partial charge in [-0.3, -0.25) is 4.98 Å². The molecule has 2 amide bonds. The first kappa shape index (κ1) is 14.9. The van der Waals surface area contributed by atoms with Crippen LogP contribution < -0.4 is 10.6 Å². The number of carbonyl (C=O) groups excluding carboxylic acids is 1.